The normalized spacial score (nSPS) is 21.4. The predicted molar refractivity (Wildman–Crippen MR) is 160 cm³/mol. The summed E-state index contributed by atoms with van der Waals surface area (Å²) in [7, 11) is -3.00. The number of sulfone groups is 1. The number of nitrogens with zero attached hydrogens (tertiary/aromatic N) is 5. The number of ether oxygens (including phenoxy) is 2. The van der Waals surface area contributed by atoms with Crippen LogP contribution >= 0.6 is 0 Å². The van der Waals surface area contributed by atoms with E-state index in [4.69, 9.17) is 9.47 Å². The predicted octanol–water partition coefficient (Wildman–Crippen LogP) is 3.79. The molecule has 0 radical (unpaired) electrons. The molecule has 0 saturated carbocycles. The van der Waals surface area contributed by atoms with Gasteiger partial charge in [0, 0.05) is 50.1 Å². The SMILES string of the molecule is C=N/C(=C\c1c(C(C)C)ccc(N2CC(CS(C)(=O)=O)C2)c1C)Nc1ccnc(N2CCC3(OCCO3)[C@H](F)C2)n1. The Morgan fingerprint density at radius 2 is 1.98 bits per heavy atom. The van der Waals surface area contributed by atoms with Gasteiger partial charge >= 0.3 is 0 Å². The summed E-state index contributed by atoms with van der Waals surface area (Å²) in [6, 6.07) is 5.98. The molecule has 3 fully saturated rings. The molecule has 41 heavy (non-hydrogen) atoms. The molecule has 3 aliphatic rings. The Labute approximate surface area is 241 Å². The number of hydrogen-bond acceptors (Lipinski definition) is 10. The third-order valence-corrected chi connectivity index (χ3v) is 9.05. The van der Waals surface area contributed by atoms with Crippen molar-refractivity contribution >= 4 is 40.1 Å². The van der Waals surface area contributed by atoms with Crippen LogP contribution in [0.1, 0.15) is 42.9 Å². The molecule has 0 amide bonds. The van der Waals surface area contributed by atoms with Crippen LogP contribution in [0.25, 0.3) is 6.08 Å². The van der Waals surface area contributed by atoms with Gasteiger partial charge in [0.25, 0.3) is 0 Å². The monoisotopic (exact) mass is 586 g/mol. The van der Waals surface area contributed by atoms with Crippen molar-refractivity contribution in [3.63, 3.8) is 0 Å². The van der Waals surface area contributed by atoms with Gasteiger partial charge in [-0.25, -0.2) is 22.8 Å². The second-order valence-corrected chi connectivity index (χ2v) is 13.6. The lowest BCUT2D eigenvalue weighted by molar-refractivity contribution is -0.207. The van der Waals surface area contributed by atoms with Crippen molar-refractivity contribution in [2.24, 2.45) is 10.9 Å². The number of benzene rings is 1. The molecule has 1 spiro atoms. The van der Waals surface area contributed by atoms with E-state index in [9.17, 15) is 8.42 Å². The van der Waals surface area contributed by atoms with Crippen molar-refractivity contribution < 1.29 is 22.3 Å². The standard InChI is InChI=1S/C29H39FN6O4S/c1-19(2)22-6-7-24(36-15-21(16-36)18-41(5,37)38)20(3)23(22)14-27(31-4)33-26-8-10-32-28(34-26)35-11-9-29(25(30)17-35)39-12-13-40-29/h6-8,10,14,19,21,25H,4,9,11-13,15-18H2,1-3,5H3,(H,32,33,34)/b27-14+/t25-/m1/s1. The first-order chi connectivity index (χ1) is 19.5. The average molecular weight is 587 g/mol. The van der Waals surface area contributed by atoms with Gasteiger partial charge < -0.3 is 24.6 Å². The van der Waals surface area contributed by atoms with Crippen LogP contribution < -0.4 is 15.1 Å². The zero-order chi connectivity index (χ0) is 29.4. The molecular formula is C29H39FN6O4S. The van der Waals surface area contributed by atoms with Gasteiger partial charge in [0.2, 0.25) is 11.7 Å². The topological polar surface area (TPSA) is 109 Å². The molecular weight excluding hydrogens is 547 g/mol. The van der Waals surface area contributed by atoms with E-state index in [1.165, 1.54) is 11.8 Å². The van der Waals surface area contributed by atoms with Crippen molar-refractivity contribution in [1.29, 1.82) is 0 Å². The van der Waals surface area contributed by atoms with E-state index >= 15 is 4.39 Å². The Morgan fingerprint density at radius 3 is 2.61 bits per heavy atom. The zero-order valence-corrected chi connectivity index (χ0v) is 25.0. The van der Waals surface area contributed by atoms with Crippen molar-refractivity contribution in [2.45, 2.75) is 45.1 Å². The van der Waals surface area contributed by atoms with Crippen LogP contribution in [0.3, 0.4) is 0 Å². The average Bonchev–Trinajstić information content (AvgIpc) is 3.37. The number of rotatable bonds is 9. The fraction of sp³-hybridized carbons (Fsp3) is 0.552. The molecule has 0 aliphatic carbocycles. The second-order valence-electron chi connectivity index (χ2n) is 11.5. The van der Waals surface area contributed by atoms with Crippen LogP contribution in [0.5, 0.6) is 0 Å². The maximum absolute atomic E-state index is 15.0. The zero-order valence-electron chi connectivity index (χ0n) is 24.1. The molecule has 1 aromatic heterocycles. The first kappa shape index (κ1) is 29.4. The minimum Gasteiger partial charge on any atom is -0.371 e. The van der Waals surface area contributed by atoms with Gasteiger partial charge in [-0.3, -0.25) is 0 Å². The van der Waals surface area contributed by atoms with Crippen LogP contribution in [0, 0.1) is 12.8 Å². The Bertz CT molecular complexity index is 1420. The van der Waals surface area contributed by atoms with Gasteiger partial charge in [-0.15, -0.1) is 0 Å². The molecule has 5 rings (SSSR count). The van der Waals surface area contributed by atoms with E-state index < -0.39 is 21.8 Å². The summed E-state index contributed by atoms with van der Waals surface area (Å²) in [5.74, 6) is 0.915. The molecule has 1 aromatic carbocycles. The molecule has 0 bridgehead atoms. The third kappa shape index (κ3) is 6.39. The number of nitrogens with one attached hydrogen (secondary N) is 1. The number of aliphatic imine (C=N–C) groups is 1. The maximum atomic E-state index is 15.0. The van der Waals surface area contributed by atoms with Crippen molar-refractivity contribution in [3.8, 4) is 0 Å². The number of aromatic nitrogens is 2. The second kappa shape index (κ2) is 11.7. The number of anilines is 3. The van der Waals surface area contributed by atoms with Crippen LogP contribution in [-0.2, 0) is 19.3 Å². The lowest BCUT2D eigenvalue weighted by Crippen LogP contribution is -2.54. The Morgan fingerprint density at radius 1 is 1.24 bits per heavy atom. The quantitative estimate of drug-likeness (QED) is 0.439. The summed E-state index contributed by atoms with van der Waals surface area (Å²) < 4.78 is 49.6. The Kier molecular flexibility index (Phi) is 8.36. The molecule has 10 nitrogen and oxygen atoms in total. The van der Waals surface area contributed by atoms with Crippen molar-refractivity contribution in [2.75, 3.05) is 66.5 Å². The third-order valence-electron chi connectivity index (χ3n) is 7.98. The number of halogens is 1. The minimum absolute atomic E-state index is 0.0805. The van der Waals surface area contributed by atoms with Gasteiger partial charge in [-0.2, -0.15) is 4.98 Å². The van der Waals surface area contributed by atoms with E-state index in [0.29, 0.717) is 56.9 Å². The first-order valence-electron chi connectivity index (χ1n) is 14.0. The van der Waals surface area contributed by atoms with Crippen LogP contribution in [0.2, 0.25) is 0 Å². The highest BCUT2D eigenvalue weighted by molar-refractivity contribution is 7.90. The number of piperidine rings is 1. The minimum atomic E-state index is -3.00. The van der Waals surface area contributed by atoms with E-state index in [2.05, 4.69) is 64.8 Å². The fourth-order valence-corrected chi connectivity index (χ4v) is 6.95. The summed E-state index contributed by atoms with van der Waals surface area (Å²) >= 11 is 0. The molecule has 222 valence electrons. The summed E-state index contributed by atoms with van der Waals surface area (Å²) in [5.41, 5.74) is 4.37. The van der Waals surface area contributed by atoms with Crippen molar-refractivity contribution in [1.82, 2.24) is 9.97 Å². The molecule has 4 heterocycles. The molecule has 1 N–H and O–H groups in total. The highest BCUT2D eigenvalue weighted by atomic mass is 32.2. The lowest BCUT2D eigenvalue weighted by atomic mass is 9.90. The van der Waals surface area contributed by atoms with Gasteiger partial charge in [0.05, 0.1) is 25.5 Å². The summed E-state index contributed by atoms with van der Waals surface area (Å²) in [4.78, 5) is 17.3. The van der Waals surface area contributed by atoms with E-state index in [1.807, 2.05) is 6.08 Å². The lowest BCUT2D eigenvalue weighted by Gasteiger charge is -2.42. The maximum Gasteiger partial charge on any atom is 0.227 e. The molecule has 3 saturated heterocycles. The molecule has 12 heteroatoms. The number of alkyl halides is 1. The van der Waals surface area contributed by atoms with Gasteiger partial charge in [-0.1, -0.05) is 19.9 Å². The van der Waals surface area contributed by atoms with Gasteiger partial charge in [0.15, 0.2) is 6.17 Å². The highest BCUT2D eigenvalue weighted by Crippen LogP contribution is 2.36. The summed E-state index contributed by atoms with van der Waals surface area (Å²) in [6.07, 6.45) is 3.98. The van der Waals surface area contributed by atoms with Crippen LogP contribution in [0.4, 0.5) is 21.8 Å². The molecule has 3 aliphatic heterocycles. The van der Waals surface area contributed by atoms with E-state index in [-0.39, 0.29) is 24.1 Å². The summed E-state index contributed by atoms with van der Waals surface area (Å²) in [6.45, 7) is 13.0. The van der Waals surface area contributed by atoms with Crippen LogP contribution in [-0.4, -0.2) is 88.5 Å². The molecule has 1 atom stereocenters. The van der Waals surface area contributed by atoms with Crippen molar-refractivity contribution in [3.05, 3.63) is 46.9 Å². The van der Waals surface area contributed by atoms with E-state index in [0.717, 1.165) is 16.8 Å². The number of hydrogen-bond donors (Lipinski definition) is 1. The Balaban J connectivity index is 1.35. The van der Waals surface area contributed by atoms with Crippen LogP contribution in [0.15, 0.2) is 35.2 Å². The smallest absolute Gasteiger partial charge is 0.227 e. The van der Waals surface area contributed by atoms with Gasteiger partial charge in [0.1, 0.15) is 21.5 Å². The molecule has 0 unspecified atom stereocenters. The first-order valence-corrected chi connectivity index (χ1v) is 16.1. The largest absolute Gasteiger partial charge is 0.371 e. The summed E-state index contributed by atoms with van der Waals surface area (Å²) in [5, 5.41) is 3.25. The van der Waals surface area contributed by atoms with Gasteiger partial charge in [-0.05, 0) is 54.5 Å². The fourth-order valence-electron chi connectivity index (χ4n) is 5.88. The Hall–Kier alpha value is -3.09. The highest BCUT2D eigenvalue weighted by Gasteiger charge is 2.49. The van der Waals surface area contributed by atoms with E-state index in [1.54, 1.807) is 17.2 Å². The molecule has 2 aromatic rings.